The van der Waals surface area contributed by atoms with Crippen LogP contribution in [-0.4, -0.2) is 0 Å². The van der Waals surface area contributed by atoms with E-state index in [9.17, 15) is 0 Å². The first-order valence-corrected chi connectivity index (χ1v) is 3.77. The zero-order valence-electron chi connectivity index (χ0n) is 6.62. The van der Waals surface area contributed by atoms with Crippen molar-refractivity contribution < 1.29 is 4.57 Å². The second-order valence-electron chi connectivity index (χ2n) is 2.39. The molecular formula is C9H11N2+. The normalized spacial score (nSPS) is 9.09. The number of pyridine rings is 1. The second kappa shape index (κ2) is 3.72. The van der Waals surface area contributed by atoms with Crippen LogP contribution in [0.25, 0.3) is 0 Å². The highest BCUT2D eigenvalue weighted by atomic mass is 14.9. The molecule has 1 heterocycles. The van der Waals surface area contributed by atoms with Gasteiger partial charge in [0, 0.05) is 18.6 Å². The molecule has 11 heavy (non-hydrogen) atoms. The second-order valence-corrected chi connectivity index (χ2v) is 2.39. The molecule has 0 amide bonds. The Hall–Kier alpha value is -1.36. The van der Waals surface area contributed by atoms with E-state index in [1.54, 1.807) is 0 Å². The average Bonchev–Trinajstić information content (AvgIpc) is 2.06. The van der Waals surface area contributed by atoms with Crippen LogP contribution >= 0.6 is 0 Å². The number of rotatable bonds is 2. The van der Waals surface area contributed by atoms with E-state index in [0.29, 0.717) is 0 Å². The molecule has 0 saturated heterocycles. The molecule has 1 aromatic rings. The molecule has 1 aromatic heterocycles. The lowest BCUT2D eigenvalue weighted by atomic mass is 10.3. The maximum atomic E-state index is 8.67. The standard InChI is InChI=1S/C9H11N2/c1-2-6-11-7-4-3-5-9(11)8-10/h3-5,7H,2,6H2,1H3/q+1. The molecular weight excluding hydrogens is 136 g/mol. The minimum atomic E-state index is 0.731. The molecule has 0 radical (unpaired) electrons. The fourth-order valence-corrected chi connectivity index (χ4v) is 1.01. The van der Waals surface area contributed by atoms with Gasteiger partial charge in [-0.05, 0) is 6.07 Å². The van der Waals surface area contributed by atoms with E-state index >= 15 is 0 Å². The molecule has 0 aliphatic carbocycles. The third-order valence-corrected chi connectivity index (χ3v) is 1.52. The largest absolute Gasteiger partial charge is 0.283 e. The van der Waals surface area contributed by atoms with Crippen LogP contribution < -0.4 is 4.57 Å². The summed E-state index contributed by atoms with van der Waals surface area (Å²) < 4.78 is 1.96. The highest BCUT2D eigenvalue weighted by Gasteiger charge is 2.04. The smallest absolute Gasteiger partial charge is 0.190 e. The van der Waals surface area contributed by atoms with Crippen LogP contribution in [0.3, 0.4) is 0 Å². The van der Waals surface area contributed by atoms with Gasteiger partial charge in [0.05, 0.1) is 0 Å². The SMILES string of the molecule is CCC[n+]1ccccc1C#N. The summed E-state index contributed by atoms with van der Waals surface area (Å²) in [4.78, 5) is 0. The fourth-order valence-electron chi connectivity index (χ4n) is 1.01. The maximum absolute atomic E-state index is 8.67. The van der Waals surface area contributed by atoms with Gasteiger partial charge in [-0.15, -0.1) is 0 Å². The number of nitriles is 1. The van der Waals surface area contributed by atoms with Crippen LogP contribution in [0.2, 0.25) is 0 Å². The molecule has 0 aromatic carbocycles. The first kappa shape index (κ1) is 7.74. The zero-order chi connectivity index (χ0) is 8.10. The molecule has 2 heteroatoms. The number of hydrogen-bond donors (Lipinski definition) is 0. The average molecular weight is 147 g/mol. The summed E-state index contributed by atoms with van der Waals surface area (Å²) in [5, 5.41) is 8.67. The third-order valence-electron chi connectivity index (χ3n) is 1.52. The van der Waals surface area contributed by atoms with Crippen molar-refractivity contribution in [3.8, 4) is 6.07 Å². The Morgan fingerprint density at radius 3 is 3.00 bits per heavy atom. The molecule has 0 saturated carbocycles. The molecule has 2 nitrogen and oxygen atoms in total. The minimum absolute atomic E-state index is 0.731. The molecule has 0 atom stereocenters. The van der Waals surface area contributed by atoms with E-state index < -0.39 is 0 Å². The number of hydrogen-bond acceptors (Lipinski definition) is 1. The molecule has 0 bridgehead atoms. The zero-order valence-corrected chi connectivity index (χ0v) is 6.62. The van der Waals surface area contributed by atoms with Gasteiger partial charge < -0.3 is 0 Å². The van der Waals surface area contributed by atoms with Gasteiger partial charge in [0.2, 0.25) is 0 Å². The highest BCUT2D eigenvalue weighted by Crippen LogP contribution is 1.88. The number of aromatic nitrogens is 1. The highest BCUT2D eigenvalue weighted by molar-refractivity contribution is 5.12. The van der Waals surface area contributed by atoms with E-state index in [4.69, 9.17) is 5.26 Å². The Bertz CT molecular complexity index is 273. The quantitative estimate of drug-likeness (QED) is 0.578. The summed E-state index contributed by atoms with van der Waals surface area (Å²) in [6.07, 6.45) is 2.99. The van der Waals surface area contributed by atoms with Crippen LogP contribution in [0.4, 0.5) is 0 Å². The van der Waals surface area contributed by atoms with Gasteiger partial charge in [-0.1, -0.05) is 6.92 Å². The number of aryl methyl sites for hydroxylation is 1. The minimum Gasteiger partial charge on any atom is -0.190 e. The van der Waals surface area contributed by atoms with Gasteiger partial charge in [0.15, 0.2) is 12.3 Å². The van der Waals surface area contributed by atoms with Crippen molar-refractivity contribution in [1.29, 1.82) is 5.26 Å². The third kappa shape index (κ3) is 1.78. The van der Waals surface area contributed by atoms with Crippen LogP contribution in [0.5, 0.6) is 0 Å². The lowest BCUT2D eigenvalue weighted by Gasteiger charge is -1.93. The van der Waals surface area contributed by atoms with Gasteiger partial charge in [0.25, 0.3) is 5.69 Å². The summed E-state index contributed by atoms with van der Waals surface area (Å²) in [5.74, 6) is 0. The molecule has 1 rings (SSSR count). The van der Waals surface area contributed by atoms with Gasteiger partial charge in [-0.2, -0.15) is 9.83 Å². The maximum Gasteiger partial charge on any atom is 0.283 e. The van der Waals surface area contributed by atoms with Gasteiger partial charge in [0.1, 0.15) is 6.54 Å². The molecule has 56 valence electrons. The monoisotopic (exact) mass is 147 g/mol. The Labute approximate surface area is 66.7 Å². The van der Waals surface area contributed by atoms with E-state index in [-0.39, 0.29) is 0 Å². The molecule has 0 unspecified atom stereocenters. The van der Waals surface area contributed by atoms with Crippen molar-refractivity contribution in [3.05, 3.63) is 30.1 Å². The first-order valence-electron chi connectivity index (χ1n) is 3.77. The van der Waals surface area contributed by atoms with E-state index in [2.05, 4.69) is 13.0 Å². The van der Waals surface area contributed by atoms with Crippen molar-refractivity contribution in [2.75, 3.05) is 0 Å². The van der Waals surface area contributed by atoms with Crippen LogP contribution in [0, 0.1) is 11.3 Å². The predicted octanol–water partition coefficient (Wildman–Crippen LogP) is 1.26. The van der Waals surface area contributed by atoms with Gasteiger partial charge in [-0.3, -0.25) is 0 Å². The Balaban J connectivity index is 2.95. The topological polar surface area (TPSA) is 27.7 Å². The fraction of sp³-hybridized carbons (Fsp3) is 0.333. The van der Waals surface area contributed by atoms with E-state index in [1.807, 2.05) is 29.0 Å². The molecule has 0 N–H and O–H groups in total. The summed E-state index contributed by atoms with van der Waals surface area (Å²) in [6, 6.07) is 7.79. The summed E-state index contributed by atoms with van der Waals surface area (Å²) >= 11 is 0. The van der Waals surface area contributed by atoms with Crippen molar-refractivity contribution in [2.24, 2.45) is 0 Å². The van der Waals surface area contributed by atoms with Crippen molar-refractivity contribution in [3.63, 3.8) is 0 Å². The van der Waals surface area contributed by atoms with Crippen molar-refractivity contribution >= 4 is 0 Å². The Morgan fingerprint density at radius 2 is 2.36 bits per heavy atom. The molecule has 0 aliphatic rings. The summed E-state index contributed by atoms with van der Waals surface area (Å²) in [7, 11) is 0. The Kier molecular flexibility index (Phi) is 2.62. The lowest BCUT2D eigenvalue weighted by Crippen LogP contribution is -2.36. The van der Waals surface area contributed by atoms with Crippen molar-refractivity contribution in [2.45, 2.75) is 19.9 Å². The lowest BCUT2D eigenvalue weighted by molar-refractivity contribution is -0.699. The molecule has 0 aliphatic heterocycles. The van der Waals surface area contributed by atoms with Crippen LogP contribution in [0.1, 0.15) is 19.0 Å². The van der Waals surface area contributed by atoms with Crippen LogP contribution in [0.15, 0.2) is 24.4 Å². The number of nitrogens with zero attached hydrogens (tertiary/aromatic N) is 2. The van der Waals surface area contributed by atoms with E-state index in [1.165, 1.54) is 0 Å². The van der Waals surface area contributed by atoms with Gasteiger partial charge in [-0.25, -0.2) is 0 Å². The van der Waals surface area contributed by atoms with Crippen molar-refractivity contribution in [1.82, 2.24) is 0 Å². The van der Waals surface area contributed by atoms with E-state index in [0.717, 1.165) is 18.7 Å². The Morgan fingerprint density at radius 1 is 1.55 bits per heavy atom. The summed E-state index contributed by atoms with van der Waals surface area (Å²) in [6.45, 7) is 3.02. The molecule has 0 fully saturated rings. The molecule has 0 spiro atoms. The first-order chi connectivity index (χ1) is 5.38. The summed E-state index contributed by atoms with van der Waals surface area (Å²) in [5.41, 5.74) is 0.731. The van der Waals surface area contributed by atoms with Crippen LogP contribution in [-0.2, 0) is 6.54 Å². The van der Waals surface area contributed by atoms with Gasteiger partial charge >= 0.3 is 0 Å². The predicted molar refractivity (Wildman–Crippen MR) is 41.6 cm³/mol.